The molecule has 0 radical (unpaired) electrons. The van der Waals surface area contributed by atoms with E-state index in [9.17, 15) is 0 Å². The van der Waals surface area contributed by atoms with Crippen LogP contribution in [-0.2, 0) is 6.42 Å². The summed E-state index contributed by atoms with van der Waals surface area (Å²) >= 11 is 6.22. The molecule has 0 amide bonds. The fraction of sp³-hybridized carbons (Fsp3) is 0.625. The van der Waals surface area contributed by atoms with E-state index < -0.39 is 0 Å². The third-order valence-electron chi connectivity index (χ3n) is 4.23. The van der Waals surface area contributed by atoms with Crippen LogP contribution in [0.3, 0.4) is 0 Å². The second-order valence-electron chi connectivity index (χ2n) is 5.51. The summed E-state index contributed by atoms with van der Waals surface area (Å²) in [5, 5.41) is 4.34. The largest absolute Gasteiger partial charge is 0.317 e. The molecule has 1 aliphatic rings. The molecule has 1 aromatic carbocycles. The van der Waals surface area contributed by atoms with E-state index in [0.29, 0.717) is 6.04 Å². The molecule has 1 nitrogen and oxygen atoms in total. The van der Waals surface area contributed by atoms with Gasteiger partial charge in [0.25, 0.3) is 0 Å². The Labute approximate surface area is 116 Å². The summed E-state index contributed by atoms with van der Waals surface area (Å²) in [4.78, 5) is 0. The highest BCUT2D eigenvalue weighted by Crippen LogP contribution is 2.29. The first-order valence-corrected chi connectivity index (χ1v) is 7.58. The summed E-state index contributed by atoms with van der Waals surface area (Å²) in [7, 11) is 2.07. The molecule has 1 saturated carbocycles. The maximum Gasteiger partial charge on any atom is 0.0438 e. The van der Waals surface area contributed by atoms with E-state index in [4.69, 9.17) is 11.6 Å². The van der Waals surface area contributed by atoms with Crippen molar-refractivity contribution in [3.8, 4) is 0 Å². The van der Waals surface area contributed by atoms with Gasteiger partial charge in [0.05, 0.1) is 0 Å². The van der Waals surface area contributed by atoms with E-state index in [2.05, 4.69) is 24.5 Å². The Balaban J connectivity index is 1.83. The van der Waals surface area contributed by atoms with Gasteiger partial charge in [-0.05, 0) is 43.9 Å². The highest BCUT2D eigenvalue weighted by Gasteiger charge is 2.17. The van der Waals surface area contributed by atoms with Gasteiger partial charge in [0.1, 0.15) is 0 Å². The minimum atomic E-state index is 0.561. The Bertz CT molecular complexity index is 358. The molecule has 2 rings (SSSR count). The van der Waals surface area contributed by atoms with Crippen molar-refractivity contribution in [1.29, 1.82) is 0 Å². The van der Waals surface area contributed by atoms with E-state index in [0.717, 1.165) is 17.4 Å². The van der Waals surface area contributed by atoms with E-state index in [-0.39, 0.29) is 0 Å². The summed E-state index contributed by atoms with van der Waals surface area (Å²) in [6, 6.07) is 8.76. The maximum absolute atomic E-state index is 6.22. The van der Waals surface area contributed by atoms with Crippen LogP contribution < -0.4 is 5.32 Å². The SMILES string of the molecule is CNC(CCC1CCCC1)Cc1ccccc1Cl. The lowest BCUT2D eigenvalue weighted by Gasteiger charge is -2.19. The Hall–Kier alpha value is -0.530. The predicted octanol–water partition coefficient (Wildman–Crippen LogP) is 4.44. The second kappa shape index (κ2) is 7.16. The van der Waals surface area contributed by atoms with Crippen LogP contribution in [0.15, 0.2) is 24.3 Å². The van der Waals surface area contributed by atoms with Crippen molar-refractivity contribution in [3.63, 3.8) is 0 Å². The van der Waals surface area contributed by atoms with Crippen LogP contribution in [-0.4, -0.2) is 13.1 Å². The van der Waals surface area contributed by atoms with E-state index in [1.54, 1.807) is 0 Å². The van der Waals surface area contributed by atoms with Gasteiger partial charge in [-0.25, -0.2) is 0 Å². The van der Waals surface area contributed by atoms with Gasteiger partial charge < -0.3 is 5.32 Å². The number of nitrogens with one attached hydrogen (secondary N) is 1. The highest BCUT2D eigenvalue weighted by atomic mass is 35.5. The van der Waals surface area contributed by atoms with Crippen molar-refractivity contribution in [2.45, 2.75) is 51.0 Å². The topological polar surface area (TPSA) is 12.0 Å². The molecule has 0 saturated heterocycles. The van der Waals surface area contributed by atoms with Crippen molar-refractivity contribution in [3.05, 3.63) is 34.9 Å². The molecule has 0 bridgehead atoms. The number of benzene rings is 1. The zero-order chi connectivity index (χ0) is 12.8. The molecule has 0 aliphatic heterocycles. The smallest absolute Gasteiger partial charge is 0.0438 e. The Kier molecular flexibility index (Phi) is 5.52. The van der Waals surface area contributed by atoms with Crippen LogP contribution in [0.2, 0.25) is 5.02 Å². The van der Waals surface area contributed by atoms with Gasteiger partial charge in [-0.15, -0.1) is 0 Å². The van der Waals surface area contributed by atoms with Gasteiger partial charge in [0.2, 0.25) is 0 Å². The Morgan fingerprint density at radius 3 is 2.67 bits per heavy atom. The second-order valence-corrected chi connectivity index (χ2v) is 5.92. The van der Waals surface area contributed by atoms with Crippen molar-refractivity contribution in [2.24, 2.45) is 5.92 Å². The van der Waals surface area contributed by atoms with Gasteiger partial charge in [-0.1, -0.05) is 55.5 Å². The van der Waals surface area contributed by atoms with Crippen LogP contribution in [0, 0.1) is 5.92 Å². The predicted molar refractivity (Wildman–Crippen MR) is 79.2 cm³/mol. The van der Waals surface area contributed by atoms with Crippen molar-refractivity contribution < 1.29 is 0 Å². The molecular formula is C16H24ClN. The highest BCUT2D eigenvalue weighted by molar-refractivity contribution is 6.31. The Morgan fingerprint density at radius 2 is 2.00 bits per heavy atom. The molecule has 1 aliphatic carbocycles. The molecule has 0 aromatic heterocycles. The van der Waals surface area contributed by atoms with Crippen LogP contribution in [0.5, 0.6) is 0 Å². The number of hydrogen-bond donors (Lipinski definition) is 1. The van der Waals surface area contributed by atoms with E-state index in [1.807, 2.05) is 12.1 Å². The summed E-state index contributed by atoms with van der Waals surface area (Å²) < 4.78 is 0. The van der Waals surface area contributed by atoms with Gasteiger partial charge in [0.15, 0.2) is 0 Å². The van der Waals surface area contributed by atoms with Crippen LogP contribution in [0.25, 0.3) is 0 Å². The van der Waals surface area contributed by atoms with Gasteiger partial charge in [-0.3, -0.25) is 0 Å². The first-order valence-electron chi connectivity index (χ1n) is 7.20. The van der Waals surface area contributed by atoms with E-state index in [1.165, 1.54) is 44.1 Å². The van der Waals surface area contributed by atoms with Gasteiger partial charge >= 0.3 is 0 Å². The van der Waals surface area contributed by atoms with Crippen molar-refractivity contribution >= 4 is 11.6 Å². The first-order chi connectivity index (χ1) is 8.79. The van der Waals surface area contributed by atoms with Gasteiger partial charge in [0, 0.05) is 11.1 Å². The number of rotatable bonds is 6. The molecule has 1 atom stereocenters. The number of halogens is 1. The van der Waals surface area contributed by atoms with Crippen LogP contribution in [0.4, 0.5) is 0 Å². The third kappa shape index (κ3) is 4.00. The Morgan fingerprint density at radius 1 is 1.28 bits per heavy atom. The van der Waals surface area contributed by atoms with Crippen molar-refractivity contribution in [1.82, 2.24) is 5.32 Å². The molecule has 1 N–H and O–H groups in total. The van der Waals surface area contributed by atoms with Gasteiger partial charge in [-0.2, -0.15) is 0 Å². The molecule has 1 aromatic rings. The molecule has 0 spiro atoms. The van der Waals surface area contributed by atoms with E-state index >= 15 is 0 Å². The first kappa shape index (κ1) is 13.9. The average molecular weight is 266 g/mol. The standard InChI is InChI=1S/C16H24ClN/c1-18-15(11-10-13-6-2-3-7-13)12-14-8-4-5-9-16(14)17/h4-5,8-9,13,15,18H,2-3,6-7,10-12H2,1H3. The minimum Gasteiger partial charge on any atom is -0.317 e. The fourth-order valence-electron chi connectivity index (χ4n) is 3.01. The molecule has 2 heteroatoms. The fourth-order valence-corrected chi connectivity index (χ4v) is 3.23. The number of hydrogen-bond acceptors (Lipinski definition) is 1. The molecule has 100 valence electrons. The summed E-state index contributed by atoms with van der Waals surface area (Å²) in [6.45, 7) is 0. The lowest BCUT2D eigenvalue weighted by molar-refractivity contribution is 0.418. The average Bonchev–Trinajstić information content (AvgIpc) is 2.90. The molecule has 1 fully saturated rings. The quantitative estimate of drug-likeness (QED) is 0.802. The normalized spacial score (nSPS) is 18.1. The van der Waals surface area contributed by atoms with Crippen LogP contribution >= 0.6 is 11.6 Å². The molecule has 18 heavy (non-hydrogen) atoms. The summed E-state index contributed by atoms with van der Waals surface area (Å²) in [5.74, 6) is 0.979. The maximum atomic E-state index is 6.22. The van der Waals surface area contributed by atoms with Crippen LogP contribution in [0.1, 0.15) is 44.1 Å². The molecule has 1 unspecified atom stereocenters. The van der Waals surface area contributed by atoms with Crippen molar-refractivity contribution in [2.75, 3.05) is 7.05 Å². The third-order valence-corrected chi connectivity index (χ3v) is 4.60. The molecule has 0 heterocycles. The number of likely N-dealkylation sites (N-methyl/N-ethyl adjacent to an activating group) is 1. The zero-order valence-corrected chi connectivity index (χ0v) is 12.0. The minimum absolute atomic E-state index is 0.561. The lowest BCUT2D eigenvalue weighted by Crippen LogP contribution is -2.28. The monoisotopic (exact) mass is 265 g/mol. The zero-order valence-electron chi connectivity index (χ0n) is 11.3. The molecular weight excluding hydrogens is 242 g/mol. The summed E-state index contributed by atoms with van der Waals surface area (Å²) in [5.41, 5.74) is 1.27. The lowest BCUT2D eigenvalue weighted by atomic mass is 9.95. The summed E-state index contributed by atoms with van der Waals surface area (Å²) in [6.07, 6.45) is 9.47.